The van der Waals surface area contributed by atoms with E-state index in [1.54, 1.807) is 37.5 Å². The van der Waals surface area contributed by atoms with Gasteiger partial charge < -0.3 is 4.74 Å². The van der Waals surface area contributed by atoms with Crippen LogP contribution in [0.25, 0.3) is 10.8 Å². The molecule has 4 heteroatoms. The van der Waals surface area contributed by atoms with E-state index in [4.69, 9.17) is 4.74 Å². The summed E-state index contributed by atoms with van der Waals surface area (Å²) >= 11 is 0. The highest BCUT2D eigenvalue weighted by Gasteiger charge is 2.19. The Morgan fingerprint density at radius 3 is 2.88 bits per heavy atom. The second-order valence-electron chi connectivity index (χ2n) is 3.45. The minimum Gasteiger partial charge on any atom is -0.460 e. The predicted octanol–water partition coefficient (Wildman–Crippen LogP) is 1.98. The third-order valence-corrected chi connectivity index (χ3v) is 2.39. The van der Waals surface area contributed by atoms with Gasteiger partial charge in [-0.3, -0.25) is 9.78 Å². The van der Waals surface area contributed by atoms with Crippen molar-refractivity contribution in [2.24, 2.45) is 0 Å². The molecule has 0 fully saturated rings. The van der Waals surface area contributed by atoms with Crippen LogP contribution < -0.4 is 0 Å². The lowest BCUT2D eigenvalue weighted by Gasteiger charge is -2.04. The largest absolute Gasteiger partial charge is 0.460 e. The number of ether oxygens (including phenoxy) is 1. The van der Waals surface area contributed by atoms with Crippen molar-refractivity contribution in [3.63, 3.8) is 0 Å². The molecule has 0 spiro atoms. The summed E-state index contributed by atoms with van der Waals surface area (Å²) in [6, 6.07) is 6.98. The van der Waals surface area contributed by atoms with Gasteiger partial charge in [0, 0.05) is 23.3 Å². The Labute approximate surface area is 98.2 Å². The first-order valence-corrected chi connectivity index (χ1v) is 5.28. The summed E-state index contributed by atoms with van der Waals surface area (Å²) in [6.45, 7) is 1.85. The van der Waals surface area contributed by atoms with Gasteiger partial charge in [0.15, 0.2) is 0 Å². The number of esters is 1. The maximum Gasteiger partial charge on any atom is 0.379 e. The quantitative estimate of drug-likeness (QED) is 0.458. The number of nitrogens with zero attached hydrogens (tertiary/aromatic N) is 1. The minimum atomic E-state index is -0.830. The summed E-state index contributed by atoms with van der Waals surface area (Å²) in [5.74, 6) is -1.46. The number of aromatic nitrogens is 1. The van der Waals surface area contributed by atoms with Crippen LogP contribution in [0.3, 0.4) is 0 Å². The highest BCUT2D eigenvalue weighted by Crippen LogP contribution is 2.18. The van der Waals surface area contributed by atoms with E-state index in [0.29, 0.717) is 10.9 Å². The van der Waals surface area contributed by atoms with E-state index < -0.39 is 11.8 Å². The minimum absolute atomic E-state index is 0.188. The smallest absolute Gasteiger partial charge is 0.379 e. The molecule has 0 amide bonds. The molecule has 4 nitrogen and oxygen atoms in total. The van der Waals surface area contributed by atoms with E-state index in [9.17, 15) is 9.59 Å². The third kappa shape index (κ3) is 2.15. The molecule has 1 aromatic heterocycles. The number of hydrogen-bond acceptors (Lipinski definition) is 4. The van der Waals surface area contributed by atoms with Crippen molar-refractivity contribution >= 4 is 22.5 Å². The Morgan fingerprint density at radius 1 is 1.29 bits per heavy atom. The van der Waals surface area contributed by atoms with Gasteiger partial charge in [-0.15, -0.1) is 0 Å². The van der Waals surface area contributed by atoms with Crippen LogP contribution in [0.4, 0.5) is 0 Å². The van der Waals surface area contributed by atoms with Crippen molar-refractivity contribution in [3.8, 4) is 0 Å². The average molecular weight is 229 g/mol. The van der Waals surface area contributed by atoms with Crippen molar-refractivity contribution in [1.82, 2.24) is 4.98 Å². The molecule has 1 aromatic carbocycles. The number of carbonyl (C=O) groups is 2. The number of rotatable bonds is 3. The standard InChI is InChI=1S/C13H11NO3/c1-2-17-13(16)12(15)10-5-3-4-9-6-7-14-8-11(9)10/h3-8H,2H2,1H3. The van der Waals surface area contributed by atoms with Crippen LogP contribution in [0.1, 0.15) is 17.3 Å². The first-order chi connectivity index (χ1) is 8.24. The number of carbonyl (C=O) groups excluding carboxylic acids is 2. The van der Waals surface area contributed by atoms with E-state index in [1.165, 1.54) is 0 Å². The zero-order valence-electron chi connectivity index (χ0n) is 9.34. The van der Waals surface area contributed by atoms with Crippen molar-refractivity contribution in [1.29, 1.82) is 0 Å². The molecule has 0 aliphatic rings. The Balaban J connectivity index is 2.48. The molecule has 0 saturated heterocycles. The molecule has 1 heterocycles. The Kier molecular flexibility index (Phi) is 3.14. The zero-order valence-corrected chi connectivity index (χ0v) is 9.34. The highest BCUT2D eigenvalue weighted by atomic mass is 16.5. The fourth-order valence-electron chi connectivity index (χ4n) is 1.62. The molecule has 0 unspecified atom stereocenters. The molecule has 0 aliphatic carbocycles. The predicted molar refractivity (Wildman–Crippen MR) is 62.7 cm³/mol. The van der Waals surface area contributed by atoms with Gasteiger partial charge >= 0.3 is 5.97 Å². The number of hydrogen-bond donors (Lipinski definition) is 0. The summed E-state index contributed by atoms with van der Waals surface area (Å²) in [4.78, 5) is 27.2. The molecular formula is C13H11NO3. The Morgan fingerprint density at radius 2 is 2.12 bits per heavy atom. The van der Waals surface area contributed by atoms with Crippen LogP contribution in [0.2, 0.25) is 0 Å². The summed E-state index contributed by atoms with van der Waals surface area (Å²) in [5.41, 5.74) is 0.328. The lowest BCUT2D eigenvalue weighted by Crippen LogP contribution is -2.17. The van der Waals surface area contributed by atoms with Crippen molar-refractivity contribution in [2.75, 3.05) is 6.61 Å². The summed E-state index contributed by atoms with van der Waals surface area (Å²) in [5, 5.41) is 1.53. The Hall–Kier alpha value is -2.23. The number of fused-ring (bicyclic) bond motifs is 1. The fourth-order valence-corrected chi connectivity index (χ4v) is 1.62. The zero-order chi connectivity index (χ0) is 12.3. The second-order valence-corrected chi connectivity index (χ2v) is 3.45. The number of benzene rings is 1. The number of Topliss-reactive ketones (excluding diaryl/α,β-unsaturated/α-hetero) is 1. The third-order valence-electron chi connectivity index (χ3n) is 2.39. The van der Waals surface area contributed by atoms with E-state index in [0.717, 1.165) is 5.39 Å². The van der Waals surface area contributed by atoms with Crippen LogP contribution in [-0.4, -0.2) is 23.3 Å². The number of pyridine rings is 1. The Bertz CT molecular complexity index is 572. The van der Waals surface area contributed by atoms with Gasteiger partial charge in [-0.1, -0.05) is 18.2 Å². The van der Waals surface area contributed by atoms with Gasteiger partial charge in [-0.05, 0) is 18.4 Å². The average Bonchev–Trinajstić information content (AvgIpc) is 2.37. The summed E-state index contributed by atoms with van der Waals surface area (Å²) in [7, 11) is 0. The SMILES string of the molecule is CCOC(=O)C(=O)c1cccc2ccncc12. The van der Waals surface area contributed by atoms with E-state index in [1.807, 2.05) is 6.07 Å². The van der Waals surface area contributed by atoms with E-state index in [2.05, 4.69) is 4.98 Å². The first kappa shape index (κ1) is 11.3. The van der Waals surface area contributed by atoms with Gasteiger partial charge in [0.1, 0.15) is 0 Å². The lowest BCUT2D eigenvalue weighted by atomic mass is 10.0. The summed E-state index contributed by atoms with van der Waals surface area (Å²) < 4.78 is 4.70. The molecular weight excluding hydrogens is 218 g/mol. The van der Waals surface area contributed by atoms with Crippen LogP contribution in [0, 0.1) is 0 Å². The molecule has 0 N–H and O–H groups in total. The molecule has 0 radical (unpaired) electrons. The number of ketones is 1. The van der Waals surface area contributed by atoms with Gasteiger partial charge in [0.25, 0.3) is 5.78 Å². The van der Waals surface area contributed by atoms with Crippen molar-refractivity contribution < 1.29 is 14.3 Å². The summed E-state index contributed by atoms with van der Waals surface area (Å²) in [6.07, 6.45) is 3.21. The van der Waals surface area contributed by atoms with Crippen LogP contribution in [-0.2, 0) is 9.53 Å². The van der Waals surface area contributed by atoms with Crippen LogP contribution >= 0.6 is 0 Å². The molecule has 17 heavy (non-hydrogen) atoms. The van der Waals surface area contributed by atoms with E-state index in [-0.39, 0.29) is 6.61 Å². The van der Waals surface area contributed by atoms with Gasteiger partial charge in [-0.25, -0.2) is 4.79 Å². The molecule has 86 valence electrons. The molecule has 0 aliphatic heterocycles. The topological polar surface area (TPSA) is 56.3 Å². The molecule has 0 atom stereocenters. The second kappa shape index (κ2) is 4.74. The molecule has 2 aromatic rings. The fraction of sp³-hybridized carbons (Fsp3) is 0.154. The monoisotopic (exact) mass is 229 g/mol. The van der Waals surface area contributed by atoms with E-state index >= 15 is 0 Å². The van der Waals surface area contributed by atoms with Crippen LogP contribution in [0.15, 0.2) is 36.7 Å². The van der Waals surface area contributed by atoms with Gasteiger partial charge in [0.2, 0.25) is 0 Å². The molecule has 0 saturated carbocycles. The lowest BCUT2D eigenvalue weighted by molar-refractivity contribution is -0.137. The maximum absolute atomic E-state index is 11.8. The molecule has 0 bridgehead atoms. The molecule has 2 rings (SSSR count). The van der Waals surface area contributed by atoms with Gasteiger partial charge in [0.05, 0.1) is 6.61 Å². The van der Waals surface area contributed by atoms with Crippen molar-refractivity contribution in [2.45, 2.75) is 6.92 Å². The van der Waals surface area contributed by atoms with Crippen LogP contribution in [0.5, 0.6) is 0 Å². The highest BCUT2D eigenvalue weighted by molar-refractivity contribution is 6.42. The van der Waals surface area contributed by atoms with Gasteiger partial charge in [-0.2, -0.15) is 0 Å². The van der Waals surface area contributed by atoms with Crippen molar-refractivity contribution in [3.05, 3.63) is 42.2 Å². The first-order valence-electron chi connectivity index (χ1n) is 5.28. The maximum atomic E-state index is 11.8. The normalized spacial score (nSPS) is 10.2.